The van der Waals surface area contributed by atoms with E-state index < -0.39 is 11.6 Å². The van der Waals surface area contributed by atoms with Gasteiger partial charge in [-0.2, -0.15) is 13.2 Å². The molecule has 1 aromatic heterocycles. The lowest BCUT2D eigenvalue weighted by atomic mass is 9.96. The van der Waals surface area contributed by atoms with Crippen LogP contribution in [0.4, 0.5) is 13.2 Å². The third-order valence-corrected chi connectivity index (χ3v) is 6.53. The zero-order valence-corrected chi connectivity index (χ0v) is 18.0. The minimum Gasteiger partial charge on any atom is -0.477 e. The van der Waals surface area contributed by atoms with Crippen molar-refractivity contribution in [3.05, 3.63) is 48.2 Å². The number of alkyl halides is 3. The van der Waals surface area contributed by atoms with E-state index in [0.717, 1.165) is 24.0 Å². The van der Waals surface area contributed by atoms with Gasteiger partial charge in [0.1, 0.15) is 0 Å². The predicted octanol–water partition coefficient (Wildman–Crippen LogP) is 4.97. The van der Waals surface area contributed by atoms with Gasteiger partial charge in [0.2, 0.25) is 5.88 Å². The number of hydrogen-bond acceptors (Lipinski definition) is 5. The van der Waals surface area contributed by atoms with Crippen LogP contribution < -0.4 is 4.74 Å². The third kappa shape index (κ3) is 5.06. The van der Waals surface area contributed by atoms with E-state index in [1.165, 1.54) is 7.11 Å². The number of esters is 1. The van der Waals surface area contributed by atoms with Gasteiger partial charge < -0.3 is 14.4 Å². The summed E-state index contributed by atoms with van der Waals surface area (Å²) in [6.45, 7) is 2.01. The van der Waals surface area contributed by atoms with Crippen molar-refractivity contribution in [2.45, 2.75) is 31.9 Å². The van der Waals surface area contributed by atoms with E-state index in [9.17, 15) is 18.0 Å². The molecule has 1 aromatic carbocycles. The number of aromatic nitrogens is 1. The number of likely N-dealkylation sites (tertiary alicyclic amines) is 1. The molecule has 2 aromatic rings. The van der Waals surface area contributed by atoms with Gasteiger partial charge in [-0.1, -0.05) is 12.1 Å². The van der Waals surface area contributed by atoms with E-state index in [-0.39, 0.29) is 25.4 Å². The molecule has 1 aliphatic heterocycles. The van der Waals surface area contributed by atoms with Gasteiger partial charge in [-0.15, -0.1) is 0 Å². The summed E-state index contributed by atoms with van der Waals surface area (Å²) in [6.07, 6.45) is -0.185. The number of carbonyl (C=O) groups excluding carboxylic acids is 1. The van der Waals surface area contributed by atoms with Crippen LogP contribution >= 0.6 is 0 Å². The average Bonchev–Trinajstić information content (AvgIpc) is 3.59. The largest absolute Gasteiger partial charge is 0.477 e. The number of hydrogen-bond donors (Lipinski definition) is 0. The van der Waals surface area contributed by atoms with Gasteiger partial charge in [0.05, 0.1) is 24.7 Å². The minimum absolute atomic E-state index is 0.133. The van der Waals surface area contributed by atoms with Gasteiger partial charge in [-0.25, -0.2) is 9.78 Å². The molecule has 1 saturated heterocycles. The number of pyridine rings is 1. The van der Waals surface area contributed by atoms with Gasteiger partial charge in [0.15, 0.2) is 0 Å². The highest BCUT2D eigenvalue weighted by atomic mass is 19.4. The number of nitrogens with zero attached hydrogens (tertiary/aromatic N) is 2. The Balaban J connectivity index is 1.23. The van der Waals surface area contributed by atoms with Crippen LogP contribution in [0.3, 0.4) is 0 Å². The van der Waals surface area contributed by atoms with Crippen molar-refractivity contribution in [3.8, 4) is 17.0 Å². The molecule has 0 bridgehead atoms. The molecule has 172 valence electrons. The topological polar surface area (TPSA) is 51.7 Å². The first-order chi connectivity index (χ1) is 15.3. The number of carbonyl (C=O) groups is 1. The maximum Gasteiger partial charge on any atom is 0.395 e. The molecular weight excluding hydrogens is 421 g/mol. The van der Waals surface area contributed by atoms with Crippen LogP contribution in [-0.2, 0) is 4.74 Å². The van der Waals surface area contributed by atoms with Crippen molar-refractivity contribution in [3.63, 3.8) is 0 Å². The average molecular weight is 448 g/mol. The van der Waals surface area contributed by atoms with E-state index in [4.69, 9.17) is 9.47 Å². The Bertz CT molecular complexity index is 917. The molecule has 0 N–H and O–H groups in total. The Hall–Kier alpha value is -2.61. The van der Waals surface area contributed by atoms with Crippen LogP contribution in [0.15, 0.2) is 42.6 Å². The van der Waals surface area contributed by atoms with Crippen molar-refractivity contribution in [1.82, 2.24) is 9.88 Å². The maximum absolute atomic E-state index is 13.2. The van der Waals surface area contributed by atoms with E-state index in [1.807, 2.05) is 23.1 Å². The van der Waals surface area contributed by atoms with Crippen LogP contribution in [-0.4, -0.2) is 55.4 Å². The predicted molar refractivity (Wildman–Crippen MR) is 113 cm³/mol. The summed E-state index contributed by atoms with van der Waals surface area (Å²) in [5.41, 5.74) is 0.861. The lowest BCUT2D eigenvalue weighted by Crippen LogP contribution is -2.43. The number of piperidine rings is 1. The summed E-state index contributed by atoms with van der Waals surface area (Å²) in [5, 5.41) is 0. The van der Waals surface area contributed by atoms with Crippen molar-refractivity contribution in [2.75, 3.05) is 33.4 Å². The van der Waals surface area contributed by atoms with Crippen LogP contribution in [0.1, 0.15) is 36.0 Å². The fourth-order valence-corrected chi connectivity index (χ4v) is 4.18. The number of halogens is 3. The molecule has 2 fully saturated rings. The van der Waals surface area contributed by atoms with E-state index in [1.54, 1.807) is 24.4 Å². The highest BCUT2D eigenvalue weighted by Crippen LogP contribution is 2.58. The van der Waals surface area contributed by atoms with Crippen LogP contribution in [0.5, 0.6) is 5.88 Å². The van der Waals surface area contributed by atoms with Gasteiger partial charge in [0.25, 0.3) is 0 Å². The number of methoxy groups -OCH3 is 1. The highest BCUT2D eigenvalue weighted by molar-refractivity contribution is 5.89. The van der Waals surface area contributed by atoms with Crippen molar-refractivity contribution < 1.29 is 27.4 Å². The van der Waals surface area contributed by atoms with Gasteiger partial charge in [-0.3, -0.25) is 0 Å². The minimum atomic E-state index is -4.09. The highest BCUT2D eigenvalue weighted by Gasteiger charge is 2.63. The Labute approximate surface area is 185 Å². The number of benzene rings is 1. The van der Waals surface area contributed by atoms with Crippen molar-refractivity contribution >= 4 is 5.97 Å². The van der Waals surface area contributed by atoms with E-state index >= 15 is 0 Å². The van der Waals surface area contributed by atoms with Gasteiger partial charge in [-0.05, 0) is 68.5 Å². The second-order valence-corrected chi connectivity index (χ2v) is 8.76. The first kappa shape index (κ1) is 22.6. The summed E-state index contributed by atoms with van der Waals surface area (Å²) in [6, 6.07) is 10.8. The molecule has 5 nitrogen and oxygen atoms in total. The molecule has 0 radical (unpaired) electrons. The number of ether oxygens (including phenoxy) is 2. The van der Waals surface area contributed by atoms with Crippen molar-refractivity contribution in [2.24, 2.45) is 11.3 Å². The fraction of sp³-hybridized carbons (Fsp3) is 0.500. The van der Waals surface area contributed by atoms with E-state index in [0.29, 0.717) is 37.1 Å². The first-order valence-electron chi connectivity index (χ1n) is 10.9. The second-order valence-electron chi connectivity index (χ2n) is 8.76. The summed E-state index contributed by atoms with van der Waals surface area (Å²) in [7, 11) is 1.35. The smallest absolute Gasteiger partial charge is 0.395 e. The molecule has 0 unspecified atom stereocenters. The van der Waals surface area contributed by atoms with Crippen LogP contribution in [0.2, 0.25) is 0 Å². The van der Waals surface area contributed by atoms with Gasteiger partial charge in [0, 0.05) is 24.4 Å². The molecular formula is C24H27F3N2O3. The van der Waals surface area contributed by atoms with Crippen LogP contribution in [0, 0.1) is 11.3 Å². The Morgan fingerprint density at radius 3 is 2.28 bits per heavy atom. The second kappa shape index (κ2) is 9.10. The molecule has 1 aliphatic carbocycles. The zero-order chi connectivity index (χ0) is 22.8. The first-order valence-corrected chi connectivity index (χ1v) is 10.9. The lowest BCUT2D eigenvalue weighted by Gasteiger charge is -2.34. The molecule has 1 saturated carbocycles. The molecule has 0 atom stereocenters. The summed E-state index contributed by atoms with van der Waals surface area (Å²) < 4.78 is 50.0. The van der Waals surface area contributed by atoms with E-state index in [2.05, 4.69) is 4.98 Å². The van der Waals surface area contributed by atoms with Crippen molar-refractivity contribution in [1.29, 1.82) is 0 Å². The Kier molecular flexibility index (Phi) is 6.42. The lowest BCUT2D eigenvalue weighted by molar-refractivity contribution is -0.192. The normalized spacial score (nSPS) is 18.9. The summed E-state index contributed by atoms with van der Waals surface area (Å²) >= 11 is 0. The third-order valence-electron chi connectivity index (χ3n) is 6.53. The number of rotatable bonds is 7. The maximum atomic E-state index is 13.2. The molecule has 0 amide bonds. The molecule has 32 heavy (non-hydrogen) atoms. The monoisotopic (exact) mass is 448 g/mol. The zero-order valence-electron chi connectivity index (χ0n) is 18.0. The summed E-state index contributed by atoms with van der Waals surface area (Å²) in [4.78, 5) is 17.8. The molecule has 8 heteroatoms. The molecule has 0 spiro atoms. The van der Waals surface area contributed by atoms with Gasteiger partial charge >= 0.3 is 12.1 Å². The molecule has 2 heterocycles. The molecule has 2 aliphatic rings. The Morgan fingerprint density at radius 1 is 1.09 bits per heavy atom. The Morgan fingerprint density at radius 2 is 1.75 bits per heavy atom. The fourth-order valence-electron chi connectivity index (χ4n) is 4.18. The summed E-state index contributed by atoms with van der Waals surface area (Å²) in [5.74, 6) is 0.465. The molecule has 4 rings (SSSR count). The van der Waals surface area contributed by atoms with Crippen LogP contribution in [0.25, 0.3) is 11.1 Å². The standard InChI is InChI=1S/C24H27F3N2O3/c1-31-22(30)19-4-2-18(3-5-19)20-6-7-21(28-14-20)32-15-17-8-12-29(13-9-17)16-23(10-11-23)24(25,26)27/h2-7,14,17H,8-13,15-16H2,1H3. The SMILES string of the molecule is COC(=O)c1ccc(-c2ccc(OCC3CCN(CC4(C(F)(F)F)CC4)CC3)nc2)cc1. The quantitative estimate of drug-likeness (QED) is 0.560.